The third kappa shape index (κ3) is 5.80. The van der Waals surface area contributed by atoms with Crippen molar-refractivity contribution in [1.29, 1.82) is 0 Å². The highest BCUT2D eigenvalue weighted by atomic mass is 16.6. The molecule has 0 radical (unpaired) electrons. The second kappa shape index (κ2) is 11.0. The molecule has 1 aromatic heterocycles. The van der Waals surface area contributed by atoms with E-state index in [4.69, 9.17) is 24.3 Å². The number of hydrogen-bond acceptors (Lipinski definition) is 5. The van der Waals surface area contributed by atoms with Crippen LogP contribution in [0.15, 0.2) is 83.4 Å². The lowest BCUT2D eigenvalue weighted by Gasteiger charge is -2.21. The van der Waals surface area contributed by atoms with Crippen molar-refractivity contribution in [2.24, 2.45) is 0 Å². The number of aryl methyl sites for hydroxylation is 1. The van der Waals surface area contributed by atoms with Crippen molar-refractivity contribution in [2.75, 3.05) is 0 Å². The molecular formula is C31H30N2O6. The number of carboxylic acid groups (broad SMARTS) is 2. The van der Waals surface area contributed by atoms with E-state index in [0.717, 1.165) is 33.9 Å². The molecule has 4 aromatic rings. The summed E-state index contributed by atoms with van der Waals surface area (Å²) in [6.45, 7) is 4.33. The first-order chi connectivity index (χ1) is 18.8. The zero-order valence-corrected chi connectivity index (χ0v) is 21.8. The summed E-state index contributed by atoms with van der Waals surface area (Å²) in [7, 11) is 0. The maximum atomic E-state index is 12.8. The Morgan fingerprint density at radius 3 is 2.05 bits per heavy atom. The van der Waals surface area contributed by atoms with Gasteiger partial charge in [0.15, 0.2) is 5.76 Å². The molecule has 1 amide bonds. The zero-order valence-electron chi connectivity index (χ0n) is 21.8. The molecule has 200 valence electrons. The van der Waals surface area contributed by atoms with Crippen molar-refractivity contribution in [1.82, 2.24) is 10.1 Å². The lowest BCUT2D eigenvalue weighted by Crippen LogP contribution is -2.31. The van der Waals surface area contributed by atoms with Crippen LogP contribution in [0, 0.1) is 6.92 Å². The van der Waals surface area contributed by atoms with Crippen molar-refractivity contribution in [3.05, 3.63) is 101 Å². The first kappa shape index (κ1) is 26.0. The van der Waals surface area contributed by atoms with Gasteiger partial charge in [-0.1, -0.05) is 84.0 Å². The molecule has 1 saturated carbocycles. The van der Waals surface area contributed by atoms with Crippen LogP contribution in [0.25, 0.3) is 22.5 Å². The van der Waals surface area contributed by atoms with Crippen molar-refractivity contribution < 1.29 is 29.1 Å². The number of hydrogen-bond donors (Lipinski definition) is 2. The highest BCUT2D eigenvalue weighted by molar-refractivity contribution is 5.73. The van der Waals surface area contributed by atoms with Crippen LogP contribution in [0.3, 0.4) is 0 Å². The number of benzene rings is 3. The smallest absolute Gasteiger partial charge is 0.450 e. The molecule has 1 aliphatic heterocycles. The Hall–Kier alpha value is -4.59. The number of aromatic nitrogens is 1. The summed E-state index contributed by atoms with van der Waals surface area (Å²) in [6.07, 6.45) is 0.183. The van der Waals surface area contributed by atoms with E-state index >= 15 is 0 Å². The second-order valence-corrected chi connectivity index (χ2v) is 9.92. The molecule has 8 heteroatoms. The Morgan fingerprint density at radius 1 is 0.897 bits per heavy atom. The van der Waals surface area contributed by atoms with Gasteiger partial charge in [-0.2, -0.15) is 0 Å². The quantitative estimate of drug-likeness (QED) is 0.267. The van der Waals surface area contributed by atoms with Crippen LogP contribution in [-0.2, 0) is 11.3 Å². The van der Waals surface area contributed by atoms with E-state index in [1.807, 2.05) is 44.2 Å². The van der Waals surface area contributed by atoms with Gasteiger partial charge < -0.3 is 19.5 Å². The van der Waals surface area contributed by atoms with E-state index in [-0.39, 0.29) is 18.2 Å². The van der Waals surface area contributed by atoms with Gasteiger partial charge in [0, 0.05) is 11.1 Å². The Morgan fingerprint density at radius 2 is 1.46 bits per heavy atom. The topological polar surface area (TPSA) is 113 Å². The molecule has 0 spiro atoms. The molecule has 2 aliphatic rings. The summed E-state index contributed by atoms with van der Waals surface area (Å²) in [6, 6.07) is 27.0. The van der Waals surface area contributed by atoms with Gasteiger partial charge in [0.05, 0.1) is 18.3 Å². The van der Waals surface area contributed by atoms with Crippen LogP contribution in [0.5, 0.6) is 0 Å². The van der Waals surface area contributed by atoms with E-state index in [2.05, 4.69) is 53.7 Å². The van der Waals surface area contributed by atoms with Gasteiger partial charge in [-0.25, -0.2) is 9.59 Å². The molecular weight excluding hydrogens is 496 g/mol. The predicted octanol–water partition coefficient (Wildman–Crippen LogP) is 7.50. The molecule has 0 unspecified atom stereocenters. The summed E-state index contributed by atoms with van der Waals surface area (Å²) < 4.78 is 11.5. The molecule has 2 atom stereocenters. The average Bonchev–Trinajstić information content (AvgIpc) is 3.67. The number of carbonyl (C=O) groups is 2. The first-order valence-electron chi connectivity index (χ1n) is 12.9. The van der Waals surface area contributed by atoms with E-state index in [0.29, 0.717) is 12.3 Å². The monoisotopic (exact) mass is 526 g/mol. The molecule has 3 aromatic carbocycles. The largest absolute Gasteiger partial charge is 0.503 e. The summed E-state index contributed by atoms with van der Waals surface area (Å²) in [5, 5.41) is 18.2. The number of rotatable bonds is 6. The Labute approximate surface area is 226 Å². The lowest BCUT2D eigenvalue weighted by molar-refractivity contribution is 0.130. The molecule has 2 heterocycles. The van der Waals surface area contributed by atoms with Crippen molar-refractivity contribution in [2.45, 2.75) is 51.3 Å². The molecule has 6 rings (SSSR count). The SMILES string of the molecule is Cc1noc(-c2ccc(-c3ccc(C4CC4)cc3)cc2)c1CN1C(=O)O[C@H](c2ccccc2)[C@@H]1C.O=C(O)O. The van der Waals surface area contributed by atoms with E-state index in [9.17, 15) is 4.79 Å². The molecule has 2 fully saturated rings. The average molecular weight is 527 g/mol. The number of carbonyl (C=O) groups excluding carboxylic acids is 1. The van der Waals surface area contributed by atoms with Gasteiger partial charge in [0.25, 0.3) is 0 Å². The second-order valence-electron chi connectivity index (χ2n) is 9.92. The van der Waals surface area contributed by atoms with E-state index in [1.54, 1.807) is 4.90 Å². The minimum absolute atomic E-state index is 0.104. The standard InChI is InChI=1S/C30H28N2O3.CH2O3/c1-19-27(18-32-20(2)28(34-30(32)33)25-6-4-3-5-7-25)29(35-31-19)26-16-14-24(15-17-26)23-12-10-22(11-13-23)21-8-9-21;2-1(3)4/h3-7,10-17,20-21,28H,8-9,18H2,1-2H3;(H2,2,3,4)/t20-,28-;/m0./s1. The van der Waals surface area contributed by atoms with Gasteiger partial charge in [0.2, 0.25) is 0 Å². The van der Waals surface area contributed by atoms with E-state index < -0.39 is 6.16 Å². The Balaban J connectivity index is 0.000000723. The fraction of sp³-hybridized carbons (Fsp3) is 0.258. The van der Waals surface area contributed by atoms with Crippen LogP contribution >= 0.6 is 0 Å². The lowest BCUT2D eigenvalue weighted by atomic mass is 9.99. The number of ether oxygens (including phenoxy) is 1. The summed E-state index contributed by atoms with van der Waals surface area (Å²) >= 11 is 0. The van der Waals surface area contributed by atoms with Crippen molar-refractivity contribution in [3.63, 3.8) is 0 Å². The number of nitrogens with zero attached hydrogens (tertiary/aromatic N) is 2. The van der Waals surface area contributed by atoms with Gasteiger partial charge in [-0.05, 0) is 54.9 Å². The third-order valence-corrected chi connectivity index (χ3v) is 7.27. The molecule has 1 aliphatic carbocycles. The molecule has 1 saturated heterocycles. The van der Waals surface area contributed by atoms with Gasteiger partial charge in [-0.15, -0.1) is 0 Å². The first-order valence-corrected chi connectivity index (χ1v) is 12.9. The van der Waals surface area contributed by atoms with Crippen LogP contribution in [0.4, 0.5) is 9.59 Å². The normalized spacial score (nSPS) is 18.3. The minimum atomic E-state index is -1.83. The van der Waals surface area contributed by atoms with E-state index in [1.165, 1.54) is 24.0 Å². The summed E-state index contributed by atoms with van der Waals surface area (Å²) in [5.74, 6) is 1.46. The molecule has 0 bridgehead atoms. The van der Waals surface area contributed by atoms with Crippen LogP contribution in [0.1, 0.15) is 54.2 Å². The van der Waals surface area contributed by atoms with Crippen LogP contribution in [0.2, 0.25) is 0 Å². The highest BCUT2D eigenvalue weighted by Crippen LogP contribution is 2.41. The number of cyclic esters (lactones) is 1. The van der Waals surface area contributed by atoms with Crippen LogP contribution in [-0.4, -0.2) is 38.6 Å². The zero-order chi connectivity index (χ0) is 27.5. The highest BCUT2D eigenvalue weighted by Gasteiger charge is 2.40. The molecule has 39 heavy (non-hydrogen) atoms. The minimum Gasteiger partial charge on any atom is -0.450 e. The maximum Gasteiger partial charge on any atom is 0.503 e. The van der Waals surface area contributed by atoms with Crippen LogP contribution < -0.4 is 0 Å². The molecule has 8 nitrogen and oxygen atoms in total. The summed E-state index contributed by atoms with van der Waals surface area (Å²) in [4.78, 5) is 23.1. The van der Waals surface area contributed by atoms with Gasteiger partial charge in [-0.3, -0.25) is 4.90 Å². The Kier molecular flexibility index (Phi) is 7.36. The Bertz CT molecular complexity index is 1440. The maximum absolute atomic E-state index is 12.8. The number of amides is 1. The predicted molar refractivity (Wildman–Crippen MR) is 145 cm³/mol. The van der Waals surface area contributed by atoms with Crippen molar-refractivity contribution in [3.8, 4) is 22.5 Å². The molecule has 2 N–H and O–H groups in total. The van der Waals surface area contributed by atoms with Gasteiger partial charge >= 0.3 is 12.2 Å². The summed E-state index contributed by atoms with van der Waals surface area (Å²) in [5.41, 5.74) is 7.44. The fourth-order valence-electron chi connectivity index (χ4n) is 4.95. The fourth-order valence-corrected chi connectivity index (χ4v) is 4.95. The third-order valence-electron chi connectivity index (χ3n) is 7.27. The van der Waals surface area contributed by atoms with Crippen molar-refractivity contribution >= 4 is 12.2 Å². The van der Waals surface area contributed by atoms with Gasteiger partial charge in [0.1, 0.15) is 6.10 Å².